The summed E-state index contributed by atoms with van der Waals surface area (Å²) in [7, 11) is 1.83. The van der Waals surface area contributed by atoms with Gasteiger partial charge in [-0.15, -0.1) is 6.58 Å². The molecule has 2 fully saturated rings. The van der Waals surface area contributed by atoms with Gasteiger partial charge in [0.1, 0.15) is 11.4 Å². The number of hydrogen-bond acceptors (Lipinski definition) is 4. The van der Waals surface area contributed by atoms with Gasteiger partial charge in [0.05, 0.1) is 12.0 Å². The predicted octanol–water partition coefficient (Wildman–Crippen LogP) is 1.50. The van der Waals surface area contributed by atoms with Crippen molar-refractivity contribution in [2.24, 2.45) is 5.92 Å². The molecule has 1 spiro atoms. The second kappa shape index (κ2) is 7.50. The van der Waals surface area contributed by atoms with Crippen LogP contribution >= 0.6 is 0 Å². The van der Waals surface area contributed by atoms with Gasteiger partial charge >= 0.3 is 0 Å². The standard InChI is InChI=1S/C20H27N3O2/c1-3-4-10-18(24)16-14-21-12-11-20(16)22-17(19(25)23(20)2)13-15-8-6-5-7-9-15/h3,5-9,16-17,21-22H,1,4,10-14H2,2H3. The van der Waals surface area contributed by atoms with Crippen molar-refractivity contribution in [3.63, 3.8) is 0 Å². The number of ketones is 1. The summed E-state index contributed by atoms with van der Waals surface area (Å²) in [5.41, 5.74) is 0.558. The van der Waals surface area contributed by atoms with Crippen molar-refractivity contribution < 1.29 is 9.59 Å². The molecule has 5 nitrogen and oxygen atoms in total. The summed E-state index contributed by atoms with van der Waals surface area (Å²) in [5, 5.41) is 6.87. The first-order valence-corrected chi connectivity index (χ1v) is 9.02. The van der Waals surface area contributed by atoms with Gasteiger partial charge in [0, 0.05) is 20.0 Å². The first kappa shape index (κ1) is 17.8. The topological polar surface area (TPSA) is 61.4 Å². The summed E-state index contributed by atoms with van der Waals surface area (Å²) in [4.78, 5) is 27.4. The smallest absolute Gasteiger partial charge is 0.241 e. The number of amides is 1. The van der Waals surface area contributed by atoms with Crippen molar-refractivity contribution in [1.82, 2.24) is 15.5 Å². The molecule has 3 atom stereocenters. The van der Waals surface area contributed by atoms with Crippen LogP contribution in [0.4, 0.5) is 0 Å². The quantitative estimate of drug-likeness (QED) is 0.770. The molecule has 0 radical (unpaired) electrons. The second-order valence-electron chi connectivity index (χ2n) is 7.01. The number of carbonyl (C=O) groups excluding carboxylic acids is 2. The maximum atomic E-state index is 12.9. The van der Waals surface area contributed by atoms with E-state index in [2.05, 4.69) is 17.2 Å². The van der Waals surface area contributed by atoms with Crippen LogP contribution in [0.2, 0.25) is 0 Å². The van der Waals surface area contributed by atoms with Crippen molar-refractivity contribution in [2.75, 3.05) is 20.1 Å². The van der Waals surface area contributed by atoms with E-state index in [1.54, 1.807) is 11.0 Å². The number of nitrogens with one attached hydrogen (secondary N) is 2. The lowest BCUT2D eigenvalue weighted by Crippen LogP contribution is -2.65. The Hall–Kier alpha value is -1.98. The largest absolute Gasteiger partial charge is 0.325 e. The number of rotatable bonds is 6. The molecule has 1 amide bonds. The minimum Gasteiger partial charge on any atom is -0.325 e. The molecule has 3 rings (SSSR count). The highest BCUT2D eigenvalue weighted by Gasteiger charge is 2.55. The van der Waals surface area contributed by atoms with Gasteiger partial charge in [-0.2, -0.15) is 0 Å². The summed E-state index contributed by atoms with van der Waals surface area (Å²) in [6, 6.07) is 9.74. The average Bonchev–Trinajstić information content (AvgIpc) is 2.86. The van der Waals surface area contributed by atoms with E-state index < -0.39 is 5.66 Å². The molecule has 1 aromatic rings. The van der Waals surface area contributed by atoms with Gasteiger partial charge in [0.15, 0.2) is 0 Å². The molecular weight excluding hydrogens is 314 g/mol. The van der Waals surface area contributed by atoms with E-state index in [9.17, 15) is 9.59 Å². The van der Waals surface area contributed by atoms with Gasteiger partial charge in [-0.25, -0.2) is 0 Å². The highest BCUT2D eigenvalue weighted by molar-refractivity contribution is 5.89. The SMILES string of the molecule is C=CCCC(=O)C1CNCCC12NC(Cc1ccccc1)C(=O)N2C. The second-order valence-corrected chi connectivity index (χ2v) is 7.01. The average molecular weight is 341 g/mol. The maximum absolute atomic E-state index is 12.9. The number of likely N-dealkylation sites (N-methyl/N-ethyl adjacent to an activating group) is 1. The summed E-state index contributed by atoms with van der Waals surface area (Å²) < 4.78 is 0. The van der Waals surface area contributed by atoms with E-state index in [-0.39, 0.29) is 23.7 Å². The van der Waals surface area contributed by atoms with Crippen LogP contribution in [0.15, 0.2) is 43.0 Å². The van der Waals surface area contributed by atoms with Gasteiger partial charge in [0.2, 0.25) is 5.91 Å². The zero-order valence-corrected chi connectivity index (χ0v) is 14.8. The molecule has 2 aliphatic heterocycles. The Morgan fingerprint density at radius 2 is 2.16 bits per heavy atom. The summed E-state index contributed by atoms with van der Waals surface area (Å²) in [6.45, 7) is 5.11. The van der Waals surface area contributed by atoms with E-state index in [1.807, 2.05) is 37.4 Å². The van der Waals surface area contributed by atoms with Crippen LogP contribution < -0.4 is 10.6 Å². The van der Waals surface area contributed by atoms with Gasteiger partial charge in [-0.3, -0.25) is 14.9 Å². The highest BCUT2D eigenvalue weighted by atomic mass is 16.2. The van der Waals surface area contributed by atoms with Gasteiger partial charge < -0.3 is 10.2 Å². The van der Waals surface area contributed by atoms with Crippen molar-refractivity contribution in [3.05, 3.63) is 48.6 Å². The molecule has 2 aliphatic rings. The van der Waals surface area contributed by atoms with Crippen molar-refractivity contribution in [1.29, 1.82) is 0 Å². The van der Waals surface area contributed by atoms with Crippen LogP contribution in [0.25, 0.3) is 0 Å². The third kappa shape index (κ3) is 3.39. The molecule has 0 saturated carbocycles. The van der Waals surface area contributed by atoms with Crippen molar-refractivity contribution in [3.8, 4) is 0 Å². The van der Waals surface area contributed by atoms with E-state index >= 15 is 0 Å². The van der Waals surface area contributed by atoms with Gasteiger partial charge in [-0.1, -0.05) is 36.4 Å². The molecule has 1 aromatic carbocycles. The lowest BCUT2D eigenvalue weighted by atomic mass is 9.81. The van der Waals surface area contributed by atoms with E-state index in [0.717, 1.165) is 18.5 Å². The molecule has 134 valence electrons. The molecule has 0 aliphatic carbocycles. The number of allylic oxidation sites excluding steroid dienone is 1. The first-order valence-electron chi connectivity index (χ1n) is 9.02. The molecule has 0 bridgehead atoms. The molecule has 0 aromatic heterocycles. The van der Waals surface area contributed by atoms with Crippen LogP contribution in [-0.2, 0) is 16.0 Å². The summed E-state index contributed by atoms with van der Waals surface area (Å²) >= 11 is 0. The Morgan fingerprint density at radius 1 is 1.40 bits per heavy atom. The maximum Gasteiger partial charge on any atom is 0.241 e. The minimum atomic E-state index is -0.569. The number of hydrogen-bond donors (Lipinski definition) is 2. The molecule has 2 saturated heterocycles. The normalized spacial score (nSPS) is 29.2. The molecule has 25 heavy (non-hydrogen) atoms. The third-order valence-electron chi connectivity index (χ3n) is 5.53. The number of carbonyl (C=O) groups is 2. The molecule has 5 heteroatoms. The fourth-order valence-corrected chi connectivity index (χ4v) is 4.12. The lowest BCUT2D eigenvalue weighted by Gasteiger charge is -2.45. The zero-order chi connectivity index (χ0) is 17.9. The summed E-state index contributed by atoms with van der Waals surface area (Å²) in [6.07, 6.45) is 4.31. The number of nitrogens with zero attached hydrogens (tertiary/aromatic N) is 1. The molecule has 2 heterocycles. The lowest BCUT2D eigenvalue weighted by molar-refractivity contribution is -0.136. The summed E-state index contributed by atoms with van der Waals surface area (Å²) in [5.74, 6) is 0.0443. The zero-order valence-electron chi connectivity index (χ0n) is 14.8. The Labute approximate surface area is 149 Å². The van der Waals surface area contributed by atoms with Crippen LogP contribution in [0.3, 0.4) is 0 Å². The fraction of sp³-hybridized carbons (Fsp3) is 0.500. The van der Waals surface area contributed by atoms with Crippen LogP contribution in [0.1, 0.15) is 24.8 Å². The Balaban J connectivity index is 1.81. The number of piperidine rings is 1. The minimum absolute atomic E-state index is 0.0762. The van der Waals surface area contributed by atoms with Crippen LogP contribution in [0, 0.1) is 5.92 Å². The fourth-order valence-electron chi connectivity index (χ4n) is 4.12. The highest BCUT2D eigenvalue weighted by Crippen LogP contribution is 2.35. The van der Waals surface area contributed by atoms with Crippen molar-refractivity contribution in [2.45, 2.75) is 37.4 Å². The van der Waals surface area contributed by atoms with E-state index in [4.69, 9.17) is 0 Å². The molecule has 2 N–H and O–H groups in total. The van der Waals surface area contributed by atoms with Gasteiger partial charge in [0.25, 0.3) is 0 Å². The van der Waals surface area contributed by atoms with Gasteiger partial charge in [-0.05, 0) is 31.4 Å². The Kier molecular flexibility index (Phi) is 5.35. The number of benzene rings is 1. The van der Waals surface area contributed by atoms with E-state index in [0.29, 0.717) is 25.8 Å². The Morgan fingerprint density at radius 3 is 2.88 bits per heavy atom. The third-order valence-corrected chi connectivity index (χ3v) is 5.53. The molecule has 3 unspecified atom stereocenters. The first-order chi connectivity index (χ1) is 12.1. The van der Waals surface area contributed by atoms with Crippen molar-refractivity contribution >= 4 is 11.7 Å². The predicted molar refractivity (Wildman–Crippen MR) is 98.0 cm³/mol. The van der Waals surface area contributed by atoms with Crippen LogP contribution in [0.5, 0.6) is 0 Å². The molecular formula is C20H27N3O2. The van der Waals surface area contributed by atoms with E-state index in [1.165, 1.54) is 0 Å². The Bertz CT molecular complexity index is 646. The number of Topliss-reactive ketones (excluding diaryl/α,β-unsaturated/α-hetero) is 1. The monoisotopic (exact) mass is 341 g/mol. The van der Waals surface area contributed by atoms with Crippen LogP contribution in [-0.4, -0.2) is 48.4 Å².